The monoisotopic (exact) mass is 252 g/mol. The highest BCUT2D eigenvalue weighted by Gasteiger charge is 2.34. The van der Waals surface area contributed by atoms with Crippen molar-refractivity contribution in [2.75, 3.05) is 19.6 Å². The van der Waals surface area contributed by atoms with Crippen LogP contribution in [0.4, 0.5) is 0 Å². The third-order valence-electron chi connectivity index (χ3n) is 4.62. The minimum absolute atomic E-state index is 0.732. The smallest absolute Gasteiger partial charge is 0.0226 e. The van der Waals surface area contributed by atoms with Crippen LogP contribution < -0.4 is 5.32 Å². The van der Waals surface area contributed by atoms with Crippen molar-refractivity contribution in [3.63, 3.8) is 0 Å². The van der Waals surface area contributed by atoms with Gasteiger partial charge < -0.3 is 10.2 Å². The predicted octanol–water partition coefficient (Wildman–Crippen LogP) is 3.13. The minimum atomic E-state index is 0.732. The van der Waals surface area contributed by atoms with E-state index in [1.54, 1.807) is 0 Å². The van der Waals surface area contributed by atoms with Crippen molar-refractivity contribution in [2.45, 2.75) is 65.5 Å². The fourth-order valence-electron chi connectivity index (χ4n) is 3.83. The number of nitrogens with one attached hydrogen (secondary N) is 1. The van der Waals surface area contributed by atoms with Gasteiger partial charge >= 0.3 is 0 Å². The predicted molar refractivity (Wildman–Crippen MR) is 78.8 cm³/mol. The average Bonchev–Trinajstić information content (AvgIpc) is 2.28. The fourth-order valence-corrected chi connectivity index (χ4v) is 3.83. The van der Waals surface area contributed by atoms with Crippen LogP contribution in [0.5, 0.6) is 0 Å². The van der Waals surface area contributed by atoms with E-state index >= 15 is 0 Å². The van der Waals surface area contributed by atoms with Crippen LogP contribution in [0.25, 0.3) is 0 Å². The maximum Gasteiger partial charge on any atom is 0.0226 e. The molecule has 0 saturated carbocycles. The van der Waals surface area contributed by atoms with E-state index in [0.29, 0.717) is 0 Å². The lowest BCUT2D eigenvalue weighted by Crippen LogP contribution is -2.58. The van der Waals surface area contributed by atoms with Gasteiger partial charge in [0, 0.05) is 18.6 Å². The SMILES string of the molecule is CC(C)CC(CC(C)C)NC1CN2CCC1CC2. The normalized spacial score (nSPS) is 31.8. The van der Waals surface area contributed by atoms with E-state index in [9.17, 15) is 0 Å². The molecule has 1 atom stereocenters. The minimum Gasteiger partial charge on any atom is -0.310 e. The molecule has 106 valence electrons. The third kappa shape index (κ3) is 3.96. The largest absolute Gasteiger partial charge is 0.310 e. The summed E-state index contributed by atoms with van der Waals surface area (Å²) in [6.07, 6.45) is 5.52. The second kappa shape index (κ2) is 6.38. The summed E-state index contributed by atoms with van der Waals surface area (Å²) in [6.45, 7) is 13.4. The molecule has 0 radical (unpaired) electrons. The van der Waals surface area contributed by atoms with Gasteiger partial charge in [-0.25, -0.2) is 0 Å². The van der Waals surface area contributed by atoms with E-state index in [-0.39, 0.29) is 0 Å². The molecule has 0 amide bonds. The van der Waals surface area contributed by atoms with Gasteiger partial charge in [0.1, 0.15) is 0 Å². The average molecular weight is 252 g/mol. The summed E-state index contributed by atoms with van der Waals surface area (Å²) in [5.74, 6) is 2.57. The molecule has 0 aromatic rings. The molecule has 1 N–H and O–H groups in total. The Bertz CT molecular complexity index is 231. The Kier molecular flexibility index (Phi) is 5.08. The Balaban J connectivity index is 1.87. The molecule has 3 aliphatic rings. The maximum absolute atomic E-state index is 4.01. The molecule has 0 aromatic carbocycles. The quantitative estimate of drug-likeness (QED) is 0.781. The fraction of sp³-hybridized carbons (Fsp3) is 1.00. The first kappa shape index (κ1) is 14.3. The molecular weight excluding hydrogens is 220 g/mol. The van der Waals surface area contributed by atoms with Gasteiger partial charge in [-0.3, -0.25) is 0 Å². The van der Waals surface area contributed by atoms with Gasteiger partial charge in [-0.2, -0.15) is 0 Å². The van der Waals surface area contributed by atoms with Gasteiger partial charge in [0.2, 0.25) is 0 Å². The molecule has 0 spiro atoms. The van der Waals surface area contributed by atoms with E-state index in [0.717, 1.165) is 29.8 Å². The Hall–Kier alpha value is -0.0800. The number of nitrogens with zero attached hydrogens (tertiary/aromatic N) is 1. The molecule has 18 heavy (non-hydrogen) atoms. The van der Waals surface area contributed by atoms with Crippen molar-refractivity contribution >= 4 is 0 Å². The van der Waals surface area contributed by atoms with E-state index in [1.807, 2.05) is 0 Å². The molecule has 0 aromatic heterocycles. The topological polar surface area (TPSA) is 15.3 Å². The van der Waals surface area contributed by atoms with Crippen LogP contribution in [0, 0.1) is 17.8 Å². The molecule has 3 saturated heterocycles. The number of piperidine rings is 3. The number of rotatable bonds is 6. The van der Waals surface area contributed by atoms with Gasteiger partial charge in [-0.1, -0.05) is 27.7 Å². The lowest BCUT2D eigenvalue weighted by atomic mass is 9.83. The molecule has 2 nitrogen and oxygen atoms in total. The summed E-state index contributed by atoms with van der Waals surface area (Å²) in [5.41, 5.74) is 0. The lowest BCUT2D eigenvalue weighted by molar-refractivity contribution is 0.0638. The van der Waals surface area contributed by atoms with Crippen LogP contribution in [0.15, 0.2) is 0 Å². The van der Waals surface area contributed by atoms with Crippen molar-refractivity contribution < 1.29 is 0 Å². The summed E-state index contributed by atoms with van der Waals surface area (Å²) in [5, 5.41) is 4.01. The Morgan fingerprint density at radius 3 is 1.94 bits per heavy atom. The molecule has 3 aliphatic heterocycles. The Morgan fingerprint density at radius 1 is 1.00 bits per heavy atom. The highest BCUT2D eigenvalue weighted by atomic mass is 15.2. The van der Waals surface area contributed by atoms with E-state index in [2.05, 4.69) is 37.9 Å². The van der Waals surface area contributed by atoms with E-state index in [1.165, 1.54) is 45.3 Å². The number of hydrogen-bond acceptors (Lipinski definition) is 2. The zero-order valence-corrected chi connectivity index (χ0v) is 12.8. The van der Waals surface area contributed by atoms with Gasteiger partial charge in [-0.05, 0) is 56.5 Å². The maximum atomic E-state index is 4.01. The van der Waals surface area contributed by atoms with Crippen LogP contribution in [0.3, 0.4) is 0 Å². The second-order valence-electron chi connectivity index (χ2n) is 7.37. The summed E-state index contributed by atoms with van der Waals surface area (Å²) in [7, 11) is 0. The van der Waals surface area contributed by atoms with E-state index in [4.69, 9.17) is 0 Å². The highest BCUT2D eigenvalue weighted by Crippen LogP contribution is 2.28. The highest BCUT2D eigenvalue weighted by molar-refractivity contribution is 4.92. The molecule has 2 bridgehead atoms. The molecule has 2 heteroatoms. The van der Waals surface area contributed by atoms with Gasteiger partial charge in [0.05, 0.1) is 0 Å². The molecule has 1 unspecified atom stereocenters. The second-order valence-corrected chi connectivity index (χ2v) is 7.37. The Labute approximate surface area is 114 Å². The Morgan fingerprint density at radius 2 is 1.56 bits per heavy atom. The third-order valence-corrected chi connectivity index (χ3v) is 4.62. The van der Waals surface area contributed by atoms with Gasteiger partial charge in [-0.15, -0.1) is 0 Å². The zero-order valence-electron chi connectivity index (χ0n) is 12.8. The first-order valence-electron chi connectivity index (χ1n) is 8.03. The standard InChI is InChI=1S/C16H32N2/c1-12(2)9-15(10-13(3)4)17-16-11-18-7-5-14(16)6-8-18/h12-17H,5-11H2,1-4H3. The molecule has 3 heterocycles. The molecule has 3 rings (SSSR count). The number of hydrogen-bond donors (Lipinski definition) is 1. The van der Waals surface area contributed by atoms with E-state index < -0.39 is 0 Å². The molecule has 3 fully saturated rings. The van der Waals surface area contributed by atoms with Crippen molar-refractivity contribution in [3.8, 4) is 0 Å². The summed E-state index contributed by atoms with van der Waals surface area (Å²) < 4.78 is 0. The van der Waals surface area contributed by atoms with Crippen molar-refractivity contribution in [1.82, 2.24) is 10.2 Å². The number of fused-ring (bicyclic) bond motifs is 3. The summed E-state index contributed by atoms with van der Waals surface area (Å²) in [4.78, 5) is 2.65. The summed E-state index contributed by atoms with van der Waals surface area (Å²) in [6, 6.07) is 1.51. The molecular formula is C16H32N2. The van der Waals surface area contributed by atoms with Crippen molar-refractivity contribution in [2.24, 2.45) is 17.8 Å². The van der Waals surface area contributed by atoms with Gasteiger partial charge in [0.15, 0.2) is 0 Å². The zero-order chi connectivity index (χ0) is 13.1. The van der Waals surface area contributed by atoms with Gasteiger partial charge in [0.25, 0.3) is 0 Å². The van der Waals surface area contributed by atoms with Crippen LogP contribution in [-0.4, -0.2) is 36.6 Å². The van der Waals surface area contributed by atoms with Crippen LogP contribution in [0.2, 0.25) is 0 Å². The molecule has 0 aliphatic carbocycles. The van der Waals surface area contributed by atoms with Crippen molar-refractivity contribution in [1.29, 1.82) is 0 Å². The van der Waals surface area contributed by atoms with Crippen LogP contribution in [-0.2, 0) is 0 Å². The first-order valence-corrected chi connectivity index (χ1v) is 8.03. The summed E-state index contributed by atoms with van der Waals surface area (Å²) >= 11 is 0. The van der Waals surface area contributed by atoms with Crippen LogP contribution in [0.1, 0.15) is 53.4 Å². The first-order chi connectivity index (χ1) is 8.54. The van der Waals surface area contributed by atoms with Crippen molar-refractivity contribution in [3.05, 3.63) is 0 Å². The lowest BCUT2D eigenvalue weighted by Gasteiger charge is -2.46. The van der Waals surface area contributed by atoms with Crippen LogP contribution >= 0.6 is 0 Å².